The van der Waals surface area contributed by atoms with Gasteiger partial charge in [0.2, 0.25) is 5.56 Å². The van der Waals surface area contributed by atoms with Crippen molar-refractivity contribution in [3.63, 3.8) is 0 Å². The zero-order chi connectivity index (χ0) is 19.3. The van der Waals surface area contributed by atoms with Gasteiger partial charge >= 0.3 is 0 Å². The second-order valence-electron chi connectivity index (χ2n) is 8.71. The molecule has 28 heavy (non-hydrogen) atoms. The largest absolute Gasteiger partial charge is 0.334 e. The SMILES string of the molecule is Cn1cc(C(=O)N2C[C@H]3CC[C@@H]2CN(C2Cc4ccccc4C2)C3)ccc1=O. The fourth-order valence-corrected chi connectivity index (χ4v) is 5.35. The summed E-state index contributed by atoms with van der Waals surface area (Å²) in [5.74, 6) is 0.612. The number of aryl methyl sites for hydroxylation is 1. The van der Waals surface area contributed by atoms with E-state index in [4.69, 9.17) is 0 Å². The smallest absolute Gasteiger partial charge is 0.255 e. The Hall–Kier alpha value is -2.40. The van der Waals surface area contributed by atoms with E-state index in [1.165, 1.54) is 28.2 Å². The minimum absolute atomic E-state index is 0.0712. The molecule has 4 heterocycles. The molecule has 6 rings (SSSR count). The molecule has 146 valence electrons. The van der Waals surface area contributed by atoms with Gasteiger partial charge in [-0.1, -0.05) is 24.3 Å². The van der Waals surface area contributed by atoms with E-state index >= 15 is 0 Å². The summed E-state index contributed by atoms with van der Waals surface area (Å²) < 4.78 is 1.49. The predicted octanol–water partition coefficient (Wildman–Crippen LogP) is 2.09. The van der Waals surface area contributed by atoms with E-state index in [0.717, 1.165) is 38.9 Å². The highest BCUT2D eigenvalue weighted by Gasteiger charge is 2.40. The van der Waals surface area contributed by atoms with E-state index in [2.05, 4.69) is 34.1 Å². The molecule has 2 bridgehead atoms. The van der Waals surface area contributed by atoms with Crippen LogP contribution in [0.25, 0.3) is 0 Å². The van der Waals surface area contributed by atoms with Crippen molar-refractivity contribution in [3.05, 3.63) is 69.6 Å². The van der Waals surface area contributed by atoms with Crippen molar-refractivity contribution in [3.8, 4) is 0 Å². The average molecular weight is 377 g/mol. The van der Waals surface area contributed by atoms with Gasteiger partial charge in [-0.05, 0) is 48.8 Å². The molecule has 0 spiro atoms. The third kappa shape index (κ3) is 3.08. The molecule has 0 N–H and O–H groups in total. The van der Waals surface area contributed by atoms with Crippen molar-refractivity contribution in [1.29, 1.82) is 0 Å². The molecule has 5 heteroatoms. The van der Waals surface area contributed by atoms with E-state index in [1.54, 1.807) is 19.3 Å². The molecule has 2 atom stereocenters. The van der Waals surface area contributed by atoms with Gasteiger partial charge in [-0.25, -0.2) is 0 Å². The molecule has 1 aromatic heterocycles. The van der Waals surface area contributed by atoms with Crippen LogP contribution >= 0.6 is 0 Å². The van der Waals surface area contributed by atoms with Gasteiger partial charge in [-0.3, -0.25) is 14.5 Å². The van der Waals surface area contributed by atoms with Gasteiger partial charge in [0.25, 0.3) is 5.91 Å². The lowest BCUT2D eigenvalue weighted by molar-refractivity contribution is 0.0580. The monoisotopic (exact) mass is 377 g/mol. The van der Waals surface area contributed by atoms with Gasteiger partial charge in [-0.2, -0.15) is 0 Å². The number of fused-ring (bicyclic) bond motifs is 5. The maximum atomic E-state index is 13.2. The first-order valence-corrected chi connectivity index (χ1v) is 10.4. The number of hydrogen-bond acceptors (Lipinski definition) is 3. The second-order valence-corrected chi connectivity index (χ2v) is 8.71. The first kappa shape index (κ1) is 17.7. The molecular formula is C23H27N3O2. The Balaban J connectivity index is 1.35. The molecule has 0 radical (unpaired) electrons. The number of carbonyl (C=O) groups excluding carboxylic acids is 1. The maximum Gasteiger partial charge on any atom is 0.255 e. The molecule has 3 saturated heterocycles. The van der Waals surface area contributed by atoms with Crippen LogP contribution in [0.5, 0.6) is 0 Å². The first-order chi connectivity index (χ1) is 13.6. The Morgan fingerprint density at radius 1 is 0.929 bits per heavy atom. The Morgan fingerprint density at radius 3 is 2.39 bits per heavy atom. The third-order valence-electron chi connectivity index (χ3n) is 6.88. The number of benzene rings is 1. The van der Waals surface area contributed by atoms with Crippen LogP contribution in [0.15, 0.2) is 47.4 Å². The Labute approximate surface area is 165 Å². The number of piperidine rings is 1. The lowest BCUT2D eigenvalue weighted by Gasteiger charge is -2.36. The minimum Gasteiger partial charge on any atom is -0.334 e. The van der Waals surface area contributed by atoms with E-state index in [0.29, 0.717) is 17.5 Å². The molecule has 1 amide bonds. The zero-order valence-electron chi connectivity index (χ0n) is 16.4. The van der Waals surface area contributed by atoms with Crippen LogP contribution in [-0.2, 0) is 19.9 Å². The zero-order valence-corrected chi connectivity index (χ0v) is 16.4. The summed E-state index contributed by atoms with van der Waals surface area (Å²) in [7, 11) is 1.70. The molecule has 4 aliphatic rings. The minimum atomic E-state index is -0.0825. The average Bonchev–Trinajstić information content (AvgIpc) is 2.92. The Kier molecular flexibility index (Phi) is 4.35. The Bertz CT molecular complexity index is 941. The van der Waals surface area contributed by atoms with Crippen molar-refractivity contribution >= 4 is 5.91 Å². The lowest BCUT2D eigenvalue weighted by Crippen LogP contribution is -2.48. The fourth-order valence-electron chi connectivity index (χ4n) is 5.35. The molecule has 0 unspecified atom stereocenters. The van der Waals surface area contributed by atoms with Crippen LogP contribution in [-0.4, -0.2) is 52.0 Å². The number of aromatic nitrogens is 1. The van der Waals surface area contributed by atoms with Crippen LogP contribution in [0.2, 0.25) is 0 Å². The summed E-state index contributed by atoms with van der Waals surface area (Å²) in [4.78, 5) is 29.6. The van der Waals surface area contributed by atoms with Gasteiger partial charge < -0.3 is 9.47 Å². The predicted molar refractivity (Wildman–Crippen MR) is 108 cm³/mol. The van der Waals surface area contributed by atoms with E-state index in [-0.39, 0.29) is 17.5 Å². The number of pyridine rings is 1. The normalized spacial score (nSPS) is 25.0. The molecule has 3 aliphatic heterocycles. The van der Waals surface area contributed by atoms with Crippen molar-refractivity contribution in [1.82, 2.24) is 14.4 Å². The molecule has 3 fully saturated rings. The van der Waals surface area contributed by atoms with Gasteiger partial charge in [0.15, 0.2) is 0 Å². The molecular weight excluding hydrogens is 350 g/mol. The topological polar surface area (TPSA) is 45.6 Å². The number of nitrogens with zero attached hydrogens (tertiary/aromatic N) is 3. The second kappa shape index (κ2) is 6.89. The van der Waals surface area contributed by atoms with Crippen LogP contribution < -0.4 is 5.56 Å². The van der Waals surface area contributed by atoms with Crippen LogP contribution in [0.4, 0.5) is 0 Å². The molecule has 1 aliphatic carbocycles. The molecule has 1 aromatic carbocycles. The van der Waals surface area contributed by atoms with Crippen molar-refractivity contribution in [2.24, 2.45) is 13.0 Å². The molecule has 2 aromatic rings. The Morgan fingerprint density at radius 2 is 1.68 bits per heavy atom. The summed E-state index contributed by atoms with van der Waals surface area (Å²) >= 11 is 0. The van der Waals surface area contributed by atoms with Crippen molar-refractivity contribution < 1.29 is 4.79 Å². The van der Waals surface area contributed by atoms with E-state index in [9.17, 15) is 9.59 Å². The van der Waals surface area contributed by atoms with Gasteiger partial charge in [0, 0.05) is 51.0 Å². The summed E-state index contributed by atoms with van der Waals surface area (Å²) in [6.07, 6.45) is 6.22. The van der Waals surface area contributed by atoms with Crippen LogP contribution in [0.1, 0.15) is 34.3 Å². The van der Waals surface area contributed by atoms with Crippen molar-refractivity contribution in [2.45, 2.75) is 37.8 Å². The van der Waals surface area contributed by atoms with Crippen LogP contribution in [0, 0.1) is 5.92 Å². The standard InChI is InChI=1S/C23H27N3O2/c1-24-14-19(7-9-22(24)27)23(28)26-13-16-6-8-20(26)15-25(12-16)21-10-17-4-2-3-5-18(17)11-21/h2-5,7,9,14,16,20-21H,6,8,10-13,15H2,1H3/t16-,20+/m0/s1. The van der Waals surface area contributed by atoms with Crippen molar-refractivity contribution in [2.75, 3.05) is 19.6 Å². The highest BCUT2D eigenvalue weighted by molar-refractivity contribution is 5.94. The maximum absolute atomic E-state index is 13.2. The molecule has 0 saturated carbocycles. The number of amides is 1. The number of rotatable bonds is 2. The van der Waals surface area contributed by atoms with E-state index < -0.39 is 0 Å². The first-order valence-electron chi connectivity index (χ1n) is 10.4. The third-order valence-corrected chi connectivity index (χ3v) is 6.88. The van der Waals surface area contributed by atoms with Crippen LogP contribution in [0.3, 0.4) is 0 Å². The van der Waals surface area contributed by atoms with Gasteiger partial charge in [0.05, 0.1) is 5.56 Å². The lowest BCUT2D eigenvalue weighted by atomic mass is 9.94. The summed E-state index contributed by atoms with van der Waals surface area (Å²) in [5, 5.41) is 0. The highest BCUT2D eigenvalue weighted by Crippen LogP contribution is 2.33. The fraction of sp³-hybridized carbons (Fsp3) is 0.478. The highest BCUT2D eigenvalue weighted by atomic mass is 16.2. The quantitative estimate of drug-likeness (QED) is 0.805. The van der Waals surface area contributed by atoms with Gasteiger partial charge in [0.1, 0.15) is 0 Å². The number of hydrogen-bond donors (Lipinski definition) is 0. The summed E-state index contributed by atoms with van der Waals surface area (Å²) in [6, 6.07) is 12.8. The summed E-state index contributed by atoms with van der Waals surface area (Å²) in [6.45, 7) is 2.89. The number of carbonyl (C=O) groups is 1. The van der Waals surface area contributed by atoms with Gasteiger partial charge in [-0.15, -0.1) is 0 Å². The van der Waals surface area contributed by atoms with E-state index in [1.807, 2.05) is 0 Å². The molecule has 5 nitrogen and oxygen atoms in total. The summed E-state index contributed by atoms with van der Waals surface area (Å²) in [5.41, 5.74) is 3.51.